The maximum absolute atomic E-state index is 13.9. The van der Waals surface area contributed by atoms with Crippen LogP contribution in [0.15, 0.2) is 46.9 Å². The van der Waals surface area contributed by atoms with Crippen molar-refractivity contribution in [3.8, 4) is 5.75 Å². The minimum Gasteiger partial charge on any atom is -0.496 e. The Morgan fingerprint density at radius 2 is 2.00 bits per heavy atom. The molecule has 0 saturated carbocycles. The molecule has 1 atom stereocenters. The van der Waals surface area contributed by atoms with Crippen LogP contribution in [0.5, 0.6) is 5.75 Å². The molecule has 1 amide bonds. The third-order valence-corrected chi connectivity index (χ3v) is 4.25. The number of hydrogen-bond donors (Lipinski definition) is 1. The third-order valence-electron chi connectivity index (χ3n) is 3.75. The highest BCUT2D eigenvalue weighted by Gasteiger charge is 2.20. The summed E-state index contributed by atoms with van der Waals surface area (Å²) in [7, 11) is 5.45. The predicted octanol–water partition coefficient (Wildman–Crippen LogP) is 3.63. The van der Waals surface area contributed by atoms with Crippen molar-refractivity contribution in [2.45, 2.75) is 6.04 Å². The van der Waals surface area contributed by atoms with E-state index in [9.17, 15) is 9.18 Å². The zero-order valence-corrected chi connectivity index (χ0v) is 15.4. The summed E-state index contributed by atoms with van der Waals surface area (Å²) in [5, 5.41) is 2.80. The van der Waals surface area contributed by atoms with Gasteiger partial charge in [0.05, 0.1) is 18.7 Å². The van der Waals surface area contributed by atoms with Gasteiger partial charge in [-0.25, -0.2) is 4.39 Å². The number of hydrogen-bond acceptors (Lipinski definition) is 3. The first kappa shape index (κ1) is 18.4. The SMILES string of the molecule is COc1ccccc1C(CNC(=O)c1ccc(Br)cc1F)N(C)C. The van der Waals surface area contributed by atoms with Crippen molar-refractivity contribution in [3.05, 3.63) is 63.9 Å². The lowest BCUT2D eigenvalue weighted by Gasteiger charge is -2.26. The Labute approximate surface area is 149 Å². The van der Waals surface area contributed by atoms with Gasteiger partial charge in [-0.05, 0) is 38.4 Å². The zero-order chi connectivity index (χ0) is 17.7. The number of halogens is 2. The fourth-order valence-electron chi connectivity index (χ4n) is 2.47. The van der Waals surface area contributed by atoms with Crippen molar-refractivity contribution in [3.63, 3.8) is 0 Å². The highest BCUT2D eigenvalue weighted by molar-refractivity contribution is 9.10. The summed E-state index contributed by atoms with van der Waals surface area (Å²) in [6.07, 6.45) is 0. The van der Waals surface area contributed by atoms with Crippen LogP contribution in [0, 0.1) is 5.82 Å². The molecular formula is C18H20BrFN2O2. The Balaban J connectivity index is 2.16. The number of ether oxygens (including phenoxy) is 1. The molecule has 6 heteroatoms. The molecule has 1 N–H and O–H groups in total. The van der Waals surface area contributed by atoms with E-state index in [0.717, 1.165) is 11.3 Å². The van der Waals surface area contributed by atoms with Crippen molar-refractivity contribution < 1.29 is 13.9 Å². The summed E-state index contributed by atoms with van der Waals surface area (Å²) in [5.41, 5.74) is 0.984. The lowest BCUT2D eigenvalue weighted by molar-refractivity contribution is 0.0937. The van der Waals surface area contributed by atoms with Gasteiger partial charge >= 0.3 is 0 Å². The van der Waals surface area contributed by atoms with Crippen LogP contribution in [0.4, 0.5) is 4.39 Å². The molecule has 0 heterocycles. The quantitative estimate of drug-likeness (QED) is 0.813. The topological polar surface area (TPSA) is 41.6 Å². The van der Waals surface area contributed by atoms with Crippen LogP contribution in [0.3, 0.4) is 0 Å². The van der Waals surface area contributed by atoms with Gasteiger partial charge < -0.3 is 15.0 Å². The molecule has 0 spiro atoms. The van der Waals surface area contributed by atoms with Gasteiger partial charge in [0.1, 0.15) is 11.6 Å². The van der Waals surface area contributed by atoms with E-state index in [1.807, 2.05) is 43.3 Å². The smallest absolute Gasteiger partial charge is 0.254 e. The Morgan fingerprint density at radius 1 is 1.29 bits per heavy atom. The molecule has 0 saturated heterocycles. The predicted molar refractivity (Wildman–Crippen MR) is 95.9 cm³/mol. The first-order valence-corrected chi connectivity index (χ1v) is 8.26. The summed E-state index contributed by atoms with van der Waals surface area (Å²) >= 11 is 3.18. The van der Waals surface area contributed by atoms with E-state index in [1.165, 1.54) is 12.1 Å². The van der Waals surface area contributed by atoms with Crippen molar-refractivity contribution in [2.24, 2.45) is 0 Å². The van der Waals surface area contributed by atoms with Crippen LogP contribution in [0.1, 0.15) is 22.0 Å². The number of carbonyl (C=O) groups is 1. The van der Waals surface area contributed by atoms with Crippen molar-refractivity contribution in [2.75, 3.05) is 27.7 Å². The van der Waals surface area contributed by atoms with E-state index < -0.39 is 11.7 Å². The standard InChI is InChI=1S/C18H20BrFN2O2/c1-22(2)16(14-6-4-5-7-17(14)24-3)11-21-18(23)13-9-8-12(19)10-15(13)20/h4-10,16H,11H2,1-3H3,(H,21,23). The third kappa shape index (κ3) is 4.33. The van der Waals surface area contributed by atoms with Crippen LogP contribution in [0.2, 0.25) is 0 Å². The summed E-state index contributed by atoms with van der Waals surface area (Å²) in [5.74, 6) is -0.248. The fourth-order valence-corrected chi connectivity index (χ4v) is 2.80. The van der Waals surface area contributed by atoms with Crippen LogP contribution in [-0.4, -0.2) is 38.6 Å². The highest BCUT2D eigenvalue weighted by Crippen LogP contribution is 2.27. The number of likely N-dealkylation sites (N-methyl/N-ethyl adjacent to an activating group) is 1. The highest BCUT2D eigenvalue weighted by atomic mass is 79.9. The zero-order valence-electron chi connectivity index (χ0n) is 13.8. The lowest BCUT2D eigenvalue weighted by Crippen LogP contribution is -2.35. The normalized spacial score (nSPS) is 12.1. The molecule has 24 heavy (non-hydrogen) atoms. The molecule has 0 bridgehead atoms. The van der Waals surface area contributed by atoms with Crippen molar-refractivity contribution in [1.29, 1.82) is 0 Å². The van der Waals surface area contributed by atoms with Crippen molar-refractivity contribution >= 4 is 21.8 Å². The Morgan fingerprint density at radius 3 is 2.62 bits per heavy atom. The molecule has 0 aromatic heterocycles. The fraction of sp³-hybridized carbons (Fsp3) is 0.278. The second-order valence-electron chi connectivity index (χ2n) is 5.56. The molecule has 4 nitrogen and oxygen atoms in total. The minimum atomic E-state index is -0.555. The summed E-state index contributed by atoms with van der Waals surface area (Å²) in [6.45, 7) is 0.335. The minimum absolute atomic E-state index is 0.0238. The van der Waals surface area contributed by atoms with Gasteiger partial charge in [-0.3, -0.25) is 4.79 Å². The van der Waals surface area contributed by atoms with E-state index in [2.05, 4.69) is 21.2 Å². The summed E-state index contributed by atoms with van der Waals surface area (Å²) in [6, 6.07) is 11.9. The van der Waals surface area contributed by atoms with Gasteiger partial charge in [0.15, 0.2) is 0 Å². The van der Waals surface area contributed by atoms with Crippen LogP contribution in [0.25, 0.3) is 0 Å². The summed E-state index contributed by atoms with van der Waals surface area (Å²) < 4.78 is 19.9. The second kappa shape index (κ2) is 8.26. The van der Waals surface area contributed by atoms with E-state index in [-0.39, 0.29) is 11.6 Å². The molecule has 2 rings (SSSR count). The van der Waals surface area contributed by atoms with Gasteiger partial charge in [0.2, 0.25) is 0 Å². The molecule has 0 aliphatic rings. The number of carbonyl (C=O) groups excluding carboxylic acids is 1. The average molecular weight is 395 g/mol. The number of amides is 1. The number of methoxy groups -OCH3 is 1. The average Bonchev–Trinajstić information content (AvgIpc) is 2.55. The number of nitrogens with one attached hydrogen (secondary N) is 1. The van der Waals surface area contributed by atoms with Gasteiger partial charge in [0, 0.05) is 16.6 Å². The maximum Gasteiger partial charge on any atom is 0.254 e. The molecule has 0 aliphatic carbocycles. The maximum atomic E-state index is 13.9. The van der Waals surface area contributed by atoms with Crippen molar-refractivity contribution in [1.82, 2.24) is 10.2 Å². The molecule has 0 aliphatic heterocycles. The second-order valence-corrected chi connectivity index (χ2v) is 6.47. The molecule has 2 aromatic carbocycles. The molecule has 128 valence electrons. The Hall–Kier alpha value is -1.92. The van der Waals surface area contributed by atoms with E-state index in [1.54, 1.807) is 13.2 Å². The number of para-hydroxylation sites is 1. The largest absolute Gasteiger partial charge is 0.496 e. The Kier molecular flexibility index (Phi) is 6.34. The molecule has 1 unspecified atom stereocenters. The number of benzene rings is 2. The Bertz CT molecular complexity index is 722. The number of rotatable bonds is 6. The van der Waals surface area contributed by atoms with E-state index in [0.29, 0.717) is 11.0 Å². The molecule has 2 aromatic rings. The first-order chi connectivity index (χ1) is 11.4. The lowest BCUT2D eigenvalue weighted by atomic mass is 10.0. The first-order valence-electron chi connectivity index (χ1n) is 7.46. The van der Waals surface area contributed by atoms with Gasteiger partial charge in [-0.1, -0.05) is 34.1 Å². The van der Waals surface area contributed by atoms with Gasteiger partial charge in [-0.15, -0.1) is 0 Å². The molecule has 0 radical (unpaired) electrons. The van der Waals surface area contributed by atoms with Crippen LogP contribution >= 0.6 is 15.9 Å². The van der Waals surface area contributed by atoms with E-state index in [4.69, 9.17) is 4.74 Å². The number of nitrogens with zero attached hydrogens (tertiary/aromatic N) is 1. The summed E-state index contributed by atoms with van der Waals surface area (Å²) in [4.78, 5) is 14.3. The monoisotopic (exact) mass is 394 g/mol. The van der Waals surface area contributed by atoms with Gasteiger partial charge in [0.25, 0.3) is 5.91 Å². The molecular weight excluding hydrogens is 375 g/mol. The van der Waals surface area contributed by atoms with Crippen LogP contribution < -0.4 is 10.1 Å². The molecule has 0 fully saturated rings. The van der Waals surface area contributed by atoms with E-state index >= 15 is 0 Å². The van der Waals surface area contributed by atoms with Gasteiger partial charge in [-0.2, -0.15) is 0 Å². The van der Waals surface area contributed by atoms with Crippen LogP contribution in [-0.2, 0) is 0 Å².